The Morgan fingerprint density at radius 3 is 2.65 bits per heavy atom. The van der Waals surface area contributed by atoms with E-state index in [4.69, 9.17) is 22.1 Å². The first-order valence-corrected chi connectivity index (χ1v) is 5.60. The lowest BCUT2D eigenvalue weighted by Gasteiger charge is -2.07. The number of nitrogens with zero attached hydrogens (tertiary/aromatic N) is 2. The minimum atomic E-state index is 0.394. The molecule has 0 saturated carbocycles. The molecule has 1 aromatic carbocycles. The number of halogens is 1. The van der Waals surface area contributed by atoms with E-state index >= 15 is 0 Å². The predicted molar refractivity (Wildman–Crippen MR) is 68.1 cm³/mol. The minimum Gasteiger partial charge on any atom is -0.492 e. The van der Waals surface area contributed by atoms with Crippen molar-refractivity contribution >= 4 is 17.4 Å². The second-order valence-electron chi connectivity index (χ2n) is 3.42. The molecule has 0 fully saturated rings. The molecule has 0 saturated heterocycles. The zero-order valence-electron chi connectivity index (χ0n) is 9.35. The second kappa shape index (κ2) is 5.01. The highest BCUT2D eigenvalue weighted by Gasteiger charge is 2.05. The average Bonchev–Trinajstić information content (AvgIpc) is 2.33. The summed E-state index contributed by atoms with van der Waals surface area (Å²) in [6.45, 7) is 2.50. The lowest BCUT2D eigenvalue weighted by atomic mass is 10.1. The molecule has 0 spiro atoms. The maximum absolute atomic E-state index is 6.09. The minimum absolute atomic E-state index is 0.394. The predicted octanol–water partition coefficient (Wildman–Crippen LogP) is 2.78. The Morgan fingerprint density at radius 2 is 2.06 bits per heavy atom. The monoisotopic (exact) mass is 249 g/mol. The Labute approximate surface area is 104 Å². The third-order valence-electron chi connectivity index (χ3n) is 2.21. The van der Waals surface area contributed by atoms with Crippen molar-refractivity contribution in [2.45, 2.75) is 6.92 Å². The molecule has 88 valence electrons. The first-order valence-electron chi connectivity index (χ1n) is 5.22. The van der Waals surface area contributed by atoms with E-state index in [0.29, 0.717) is 23.2 Å². The lowest BCUT2D eigenvalue weighted by molar-refractivity contribution is 0.340. The van der Waals surface area contributed by atoms with E-state index in [1.54, 1.807) is 18.2 Å². The zero-order chi connectivity index (χ0) is 12.3. The molecule has 0 amide bonds. The smallest absolute Gasteiger partial charge is 0.146 e. The molecule has 2 N–H and O–H groups in total. The van der Waals surface area contributed by atoms with Gasteiger partial charge >= 0.3 is 0 Å². The molecule has 0 aliphatic heterocycles. The first kappa shape index (κ1) is 11.7. The third kappa shape index (κ3) is 2.65. The summed E-state index contributed by atoms with van der Waals surface area (Å²) in [6, 6.07) is 9.00. The highest BCUT2D eigenvalue weighted by atomic mass is 35.5. The highest BCUT2D eigenvalue weighted by molar-refractivity contribution is 6.32. The van der Waals surface area contributed by atoms with Crippen LogP contribution in [0, 0.1) is 0 Å². The van der Waals surface area contributed by atoms with Gasteiger partial charge in [-0.3, -0.25) is 0 Å². The molecule has 0 bridgehead atoms. The fraction of sp³-hybridized carbons (Fsp3) is 0.167. The number of nitrogen functional groups attached to an aromatic ring is 1. The summed E-state index contributed by atoms with van der Waals surface area (Å²) in [7, 11) is 0. The molecule has 4 nitrogen and oxygen atoms in total. The summed E-state index contributed by atoms with van der Waals surface area (Å²) >= 11 is 6.09. The van der Waals surface area contributed by atoms with Gasteiger partial charge in [-0.1, -0.05) is 11.6 Å². The number of nitrogens with two attached hydrogens (primary N) is 1. The van der Waals surface area contributed by atoms with Crippen LogP contribution in [0.1, 0.15) is 6.92 Å². The van der Waals surface area contributed by atoms with Gasteiger partial charge in [0.2, 0.25) is 0 Å². The van der Waals surface area contributed by atoms with Crippen molar-refractivity contribution < 1.29 is 4.74 Å². The van der Waals surface area contributed by atoms with Crippen LogP contribution in [0.2, 0.25) is 5.02 Å². The number of aromatic nitrogens is 2. The number of anilines is 1. The van der Waals surface area contributed by atoms with Gasteiger partial charge in [-0.05, 0) is 37.3 Å². The molecule has 5 heteroatoms. The van der Waals surface area contributed by atoms with E-state index in [1.807, 2.05) is 19.1 Å². The molecule has 0 aliphatic carbocycles. The molecule has 0 radical (unpaired) electrons. The Bertz CT molecular complexity index is 514. The average molecular weight is 250 g/mol. The molecule has 17 heavy (non-hydrogen) atoms. The van der Waals surface area contributed by atoms with Crippen LogP contribution in [-0.2, 0) is 0 Å². The van der Waals surface area contributed by atoms with Crippen LogP contribution in [0.25, 0.3) is 11.3 Å². The summed E-state index contributed by atoms with van der Waals surface area (Å²) in [5, 5.41) is 8.35. The summed E-state index contributed by atoms with van der Waals surface area (Å²) < 4.78 is 5.36. The quantitative estimate of drug-likeness (QED) is 0.909. The normalized spacial score (nSPS) is 10.2. The van der Waals surface area contributed by atoms with Gasteiger partial charge in [0.05, 0.1) is 17.3 Å². The van der Waals surface area contributed by atoms with Crippen molar-refractivity contribution in [1.82, 2.24) is 10.2 Å². The maximum atomic E-state index is 6.09. The molecule has 0 aliphatic rings. The summed E-state index contributed by atoms with van der Waals surface area (Å²) in [4.78, 5) is 0. The summed E-state index contributed by atoms with van der Waals surface area (Å²) in [5.74, 6) is 1.06. The Morgan fingerprint density at radius 1 is 1.24 bits per heavy atom. The number of hydrogen-bond acceptors (Lipinski definition) is 4. The SMILES string of the molecule is CCOc1ccc(-c2ccc(N)nn2)cc1Cl. The molecule has 1 heterocycles. The number of ether oxygens (including phenoxy) is 1. The van der Waals surface area contributed by atoms with Crippen LogP contribution in [0.4, 0.5) is 5.82 Å². The zero-order valence-corrected chi connectivity index (χ0v) is 10.1. The van der Waals surface area contributed by atoms with Crippen LogP contribution in [0.5, 0.6) is 5.75 Å². The van der Waals surface area contributed by atoms with Crippen LogP contribution >= 0.6 is 11.6 Å². The van der Waals surface area contributed by atoms with Gasteiger partial charge in [0.15, 0.2) is 0 Å². The third-order valence-corrected chi connectivity index (χ3v) is 2.51. The van der Waals surface area contributed by atoms with Crippen molar-refractivity contribution in [2.24, 2.45) is 0 Å². The lowest BCUT2D eigenvalue weighted by Crippen LogP contribution is -1.95. The Balaban J connectivity index is 2.34. The Kier molecular flexibility index (Phi) is 3.44. The molecule has 0 unspecified atom stereocenters. The molecule has 2 aromatic rings. The molecular weight excluding hydrogens is 238 g/mol. The molecular formula is C12H12ClN3O. The van der Waals surface area contributed by atoms with E-state index < -0.39 is 0 Å². The first-order chi connectivity index (χ1) is 8.20. The number of hydrogen-bond donors (Lipinski definition) is 1. The van der Waals surface area contributed by atoms with Gasteiger partial charge in [-0.15, -0.1) is 10.2 Å². The standard InChI is InChI=1S/C12H12ClN3O/c1-2-17-11-5-3-8(7-9(11)13)10-4-6-12(14)16-15-10/h3-7H,2H2,1H3,(H2,14,16). The van der Waals surface area contributed by atoms with E-state index in [-0.39, 0.29) is 0 Å². The molecule has 1 aromatic heterocycles. The van der Waals surface area contributed by atoms with Crippen molar-refractivity contribution in [3.8, 4) is 17.0 Å². The van der Waals surface area contributed by atoms with Gasteiger partial charge in [-0.2, -0.15) is 0 Å². The highest BCUT2D eigenvalue weighted by Crippen LogP contribution is 2.29. The van der Waals surface area contributed by atoms with E-state index in [2.05, 4.69) is 10.2 Å². The number of rotatable bonds is 3. The second-order valence-corrected chi connectivity index (χ2v) is 3.83. The van der Waals surface area contributed by atoms with E-state index in [0.717, 1.165) is 11.3 Å². The van der Waals surface area contributed by atoms with E-state index in [9.17, 15) is 0 Å². The van der Waals surface area contributed by atoms with Crippen molar-refractivity contribution in [2.75, 3.05) is 12.3 Å². The van der Waals surface area contributed by atoms with Crippen LogP contribution < -0.4 is 10.5 Å². The van der Waals surface area contributed by atoms with Gasteiger partial charge in [-0.25, -0.2) is 0 Å². The van der Waals surface area contributed by atoms with E-state index in [1.165, 1.54) is 0 Å². The van der Waals surface area contributed by atoms with Crippen LogP contribution in [0.3, 0.4) is 0 Å². The van der Waals surface area contributed by atoms with Gasteiger partial charge in [0.25, 0.3) is 0 Å². The maximum Gasteiger partial charge on any atom is 0.146 e. The van der Waals surface area contributed by atoms with Crippen molar-refractivity contribution in [3.05, 3.63) is 35.4 Å². The van der Waals surface area contributed by atoms with Gasteiger partial charge in [0, 0.05) is 5.56 Å². The van der Waals surface area contributed by atoms with Crippen molar-refractivity contribution in [3.63, 3.8) is 0 Å². The number of benzene rings is 1. The summed E-state index contributed by atoms with van der Waals surface area (Å²) in [6.07, 6.45) is 0. The van der Waals surface area contributed by atoms with Crippen LogP contribution in [-0.4, -0.2) is 16.8 Å². The topological polar surface area (TPSA) is 61.0 Å². The van der Waals surface area contributed by atoms with Gasteiger partial charge in [0.1, 0.15) is 11.6 Å². The molecule has 2 rings (SSSR count). The summed E-state index contributed by atoms with van der Waals surface area (Å²) in [5.41, 5.74) is 7.09. The fourth-order valence-electron chi connectivity index (χ4n) is 1.43. The van der Waals surface area contributed by atoms with Crippen LogP contribution in [0.15, 0.2) is 30.3 Å². The Hall–Kier alpha value is -1.81. The largest absolute Gasteiger partial charge is 0.492 e. The molecule has 0 atom stereocenters. The van der Waals surface area contributed by atoms with Gasteiger partial charge < -0.3 is 10.5 Å². The fourth-order valence-corrected chi connectivity index (χ4v) is 1.66. The van der Waals surface area contributed by atoms with Crippen molar-refractivity contribution in [1.29, 1.82) is 0 Å².